The zero-order chi connectivity index (χ0) is 14.2. The normalized spacial score (nSPS) is 12.1. The summed E-state index contributed by atoms with van der Waals surface area (Å²) in [5.41, 5.74) is 1.37. The smallest absolute Gasteiger partial charge is 0.293 e. The van der Waals surface area contributed by atoms with E-state index < -0.39 is 9.05 Å². The zero-order valence-corrected chi connectivity index (χ0v) is 12.3. The van der Waals surface area contributed by atoms with E-state index in [0.29, 0.717) is 11.5 Å². The van der Waals surface area contributed by atoms with Gasteiger partial charge < -0.3 is 0 Å². The van der Waals surface area contributed by atoms with Crippen molar-refractivity contribution in [2.75, 3.05) is 0 Å². The van der Waals surface area contributed by atoms with Gasteiger partial charge in [-0.05, 0) is 32.9 Å². The molecule has 0 aromatic carbocycles. The van der Waals surface area contributed by atoms with Crippen molar-refractivity contribution in [3.8, 4) is 11.5 Å². The van der Waals surface area contributed by atoms with Gasteiger partial charge >= 0.3 is 0 Å². The molecule has 6 nitrogen and oxygen atoms in total. The van der Waals surface area contributed by atoms with Gasteiger partial charge in [0.2, 0.25) is 0 Å². The summed E-state index contributed by atoms with van der Waals surface area (Å²) in [7, 11) is 1.43. The highest BCUT2D eigenvalue weighted by Gasteiger charge is 2.25. The number of aryl methyl sites for hydroxylation is 1. The first kappa shape index (κ1) is 14.0. The van der Waals surface area contributed by atoms with Gasteiger partial charge in [-0.3, -0.25) is 4.57 Å². The molecule has 0 saturated heterocycles. The third-order valence-electron chi connectivity index (χ3n) is 2.52. The van der Waals surface area contributed by atoms with E-state index in [1.54, 1.807) is 6.07 Å². The summed E-state index contributed by atoms with van der Waals surface area (Å²) in [6, 6.07) is 5.27. The van der Waals surface area contributed by atoms with Crippen LogP contribution in [0.3, 0.4) is 0 Å². The van der Waals surface area contributed by atoms with Crippen LogP contribution in [0.25, 0.3) is 11.5 Å². The first-order valence-electron chi connectivity index (χ1n) is 5.64. The predicted octanol–water partition coefficient (Wildman–Crippen LogP) is 2.16. The van der Waals surface area contributed by atoms with Crippen molar-refractivity contribution < 1.29 is 8.42 Å². The van der Waals surface area contributed by atoms with Gasteiger partial charge in [0.1, 0.15) is 5.69 Å². The number of aromatic nitrogens is 4. The van der Waals surface area contributed by atoms with E-state index in [0.717, 1.165) is 5.69 Å². The number of pyridine rings is 1. The van der Waals surface area contributed by atoms with Gasteiger partial charge in [-0.15, -0.1) is 10.2 Å². The number of hydrogen-bond acceptors (Lipinski definition) is 5. The van der Waals surface area contributed by atoms with E-state index in [1.165, 1.54) is 4.57 Å². The van der Waals surface area contributed by atoms with E-state index in [-0.39, 0.29) is 11.2 Å². The molecule has 0 atom stereocenters. The van der Waals surface area contributed by atoms with E-state index in [1.807, 2.05) is 32.9 Å². The van der Waals surface area contributed by atoms with E-state index in [9.17, 15) is 8.42 Å². The summed E-state index contributed by atoms with van der Waals surface area (Å²) >= 11 is 0. The zero-order valence-electron chi connectivity index (χ0n) is 10.7. The van der Waals surface area contributed by atoms with E-state index >= 15 is 0 Å². The number of rotatable bonds is 3. The molecule has 0 spiro atoms. The second-order valence-electron chi connectivity index (χ2n) is 4.37. The van der Waals surface area contributed by atoms with Crippen LogP contribution in [0.5, 0.6) is 0 Å². The lowest BCUT2D eigenvalue weighted by molar-refractivity contribution is 0.530. The lowest BCUT2D eigenvalue weighted by Gasteiger charge is -2.12. The first-order valence-corrected chi connectivity index (χ1v) is 7.95. The maximum atomic E-state index is 11.5. The summed E-state index contributed by atoms with van der Waals surface area (Å²) in [5, 5.41) is 7.31. The molecule has 0 fully saturated rings. The second kappa shape index (κ2) is 4.90. The molecule has 2 aromatic rings. The minimum absolute atomic E-state index is 0.157. The molecule has 102 valence electrons. The molecule has 2 aromatic heterocycles. The Hall–Kier alpha value is -1.47. The average Bonchev–Trinajstić information content (AvgIpc) is 2.72. The van der Waals surface area contributed by atoms with Gasteiger partial charge in [-0.1, -0.05) is 6.07 Å². The lowest BCUT2D eigenvalue weighted by Crippen LogP contribution is -2.10. The number of halogens is 1. The fourth-order valence-corrected chi connectivity index (χ4v) is 2.74. The van der Waals surface area contributed by atoms with Crippen molar-refractivity contribution in [1.29, 1.82) is 0 Å². The van der Waals surface area contributed by atoms with Crippen LogP contribution in [0, 0.1) is 6.92 Å². The van der Waals surface area contributed by atoms with Crippen LogP contribution in [0.4, 0.5) is 0 Å². The highest BCUT2D eigenvalue weighted by Crippen LogP contribution is 2.25. The van der Waals surface area contributed by atoms with Gasteiger partial charge in [0.05, 0.1) is 0 Å². The Balaban J connectivity index is 2.69. The van der Waals surface area contributed by atoms with Crippen LogP contribution in [-0.4, -0.2) is 28.2 Å². The predicted molar refractivity (Wildman–Crippen MR) is 71.4 cm³/mol. The number of hydrogen-bond donors (Lipinski definition) is 0. The van der Waals surface area contributed by atoms with Crippen LogP contribution < -0.4 is 0 Å². The Kier molecular flexibility index (Phi) is 3.60. The van der Waals surface area contributed by atoms with Crippen LogP contribution in [-0.2, 0) is 9.05 Å². The quantitative estimate of drug-likeness (QED) is 0.812. The Morgan fingerprint density at radius 1 is 1.26 bits per heavy atom. The van der Waals surface area contributed by atoms with Crippen molar-refractivity contribution in [3.63, 3.8) is 0 Å². The van der Waals surface area contributed by atoms with Gasteiger partial charge in [-0.2, -0.15) is 0 Å². The van der Waals surface area contributed by atoms with Crippen LogP contribution in [0.15, 0.2) is 23.4 Å². The SMILES string of the molecule is Cc1cccc(-c2nnc(S(=O)(=O)Cl)n2C(C)C)n1. The number of nitrogens with zero attached hydrogens (tertiary/aromatic N) is 4. The van der Waals surface area contributed by atoms with Gasteiger partial charge in [-0.25, -0.2) is 13.4 Å². The third kappa shape index (κ3) is 2.76. The Bertz CT molecular complexity index is 709. The standard InChI is InChI=1S/C11H13ClN4O2S/c1-7(2)16-10(9-6-4-5-8(3)13-9)14-15-11(16)19(12,17)18/h4-7H,1-3H3. The van der Waals surface area contributed by atoms with Crippen molar-refractivity contribution in [3.05, 3.63) is 23.9 Å². The summed E-state index contributed by atoms with van der Waals surface area (Å²) in [4.78, 5) is 4.32. The summed E-state index contributed by atoms with van der Waals surface area (Å²) in [5.74, 6) is 0.387. The Morgan fingerprint density at radius 3 is 2.47 bits per heavy atom. The van der Waals surface area contributed by atoms with Crippen LogP contribution in [0.2, 0.25) is 0 Å². The van der Waals surface area contributed by atoms with Gasteiger partial charge in [0.15, 0.2) is 5.82 Å². The summed E-state index contributed by atoms with van der Waals surface area (Å²) in [6.07, 6.45) is 0. The van der Waals surface area contributed by atoms with Crippen molar-refractivity contribution in [2.24, 2.45) is 0 Å². The fourth-order valence-electron chi connectivity index (χ4n) is 1.75. The maximum Gasteiger partial charge on any atom is 0.296 e. The highest BCUT2D eigenvalue weighted by atomic mass is 35.7. The van der Waals surface area contributed by atoms with Crippen LogP contribution in [0.1, 0.15) is 25.6 Å². The molecule has 0 aliphatic rings. The van der Waals surface area contributed by atoms with E-state index in [4.69, 9.17) is 10.7 Å². The van der Waals surface area contributed by atoms with E-state index in [2.05, 4.69) is 15.2 Å². The maximum absolute atomic E-state index is 11.5. The molecule has 0 N–H and O–H groups in total. The fraction of sp³-hybridized carbons (Fsp3) is 0.364. The van der Waals surface area contributed by atoms with Crippen LogP contribution >= 0.6 is 10.7 Å². The largest absolute Gasteiger partial charge is 0.296 e. The molecule has 8 heteroatoms. The highest BCUT2D eigenvalue weighted by molar-refractivity contribution is 8.13. The summed E-state index contributed by atoms with van der Waals surface area (Å²) < 4.78 is 24.4. The minimum atomic E-state index is -3.94. The monoisotopic (exact) mass is 300 g/mol. The molecule has 0 aliphatic heterocycles. The van der Waals surface area contributed by atoms with Gasteiger partial charge in [0, 0.05) is 22.4 Å². The Morgan fingerprint density at radius 2 is 1.95 bits per heavy atom. The first-order chi connectivity index (χ1) is 8.80. The molecule has 0 unspecified atom stereocenters. The Labute approximate surface area is 115 Å². The summed E-state index contributed by atoms with van der Waals surface area (Å²) in [6.45, 7) is 5.50. The topological polar surface area (TPSA) is 77.7 Å². The molecule has 2 heterocycles. The van der Waals surface area contributed by atoms with Crippen molar-refractivity contribution in [2.45, 2.75) is 32.0 Å². The van der Waals surface area contributed by atoms with Crippen molar-refractivity contribution in [1.82, 2.24) is 19.7 Å². The minimum Gasteiger partial charge on any atom is -0.293 e. The molecule has 0 aliphatic carbocycles. The molecular formula is C11H13ClN4O2S. The second-order valence-corrected chi connectivity index (χ2v) is 6.83. The van der Waals surface area contributed by atoms with Gasteiger partial charge in [0.25, 0.3) is 14.2 Å². The molecule has 2 rings (SSSR count). The molecular weight excluding hydrogens is 288 g/mol. The molecule has 0 bridgehead atoms. The van der Waals surface area contributed by atoms with Crippen molar-refractivity contribution >= 4 is 19.7 Å². The molecule has 19 heavy (non-hydrogen) atoms. The molecule has 0 radical (unpaired) electrons. The lowest BCUT2D eigenvalue weighted by atomic mass is 10.3. The molecule has 0 saturated carbocycles. The average molecular weight is 301 g/mol. The molecule has 0 amide bonds. The third-order valence-corrected chi connectivity index (χ3v) is 3.64.